The van der Waals surface area contributed by atoms with E-state index >= 15 is 0 Å². The van der Waals surface area contributed by atoms with Gasteiger partial charge in [0.2, 0.25) is 5.91 Å². The molecule has 1 fully saturated rings. The Labute approximate surface area is 178 Å². The molecule has 0 spiro atoms. The normalized spacial score (nSPS) is 14.0. The molecule has 1 aromatic carbocycles. The van der Waals surface area contributed by atoms with E-state index < -0.39 is 0 Å². The fraction of sp³-hybridized carbons (Fsp3) is 0.227. The maximum absolute atomic E-state index is 12.4. The molecule has 1 saturated heterocycles. The van der Waals surface area contributed by atoms with Gasteiger partial charge < -0.3 is 14.1 Å². The highest BCUT2D eigenvalue weighted by Crippen LogP contribution is 2.25. The average Bonchev–Trinajstić information content (AvgIpc) is 3.53. The van der Waals surface area contributed by atoms with E-state index in [1.165, 1.54) is 6.39 Å². The second kappa shape index (κ2) is 8.49. The summed E-state index contributed by atoms with van der Waals surface area (Å²) >= 11 is 0. The van der Waals surface area contributed by atoms with Crippen LogP contribution < -0.4 is 0 Å². The van der Waals surface area contributed by atoms with Crippen LogP contribution in [0.5, 0.6) is 0 Å². The third-order valence-corrected chi connectivity index (χ3v) is 5.12. The van der Waals surface area contributed by atoms with Gasteiger partial charge in [-0.05, 0) is 6.07 Å². The van der Waals surface area contributed by atoms with Gasteiger partial charge in [-0.2, -0.15) is 5.10 Å². The quantitative estimate of drug-likeness (QED) is 0.493. The van der Waals surface area contributed by atoms with Crippen LogP contribution in [-0.2, 0) is 16.1 Å². The molecule has 0 radical (unpaired) electrons. The van der Waals surface area contributed by atoms with Gasteiger partial charge in [0, 0.05) is 53.9 Å². The largest absolute Gasteiger partial charge is 0.444 e. The molecule has 0 bridgehead atoms. The molecule has 5 rings (SSSR count). The first-order chi connectivity index (χ1) is 15.3. The molecule has 1 aliphatic rings. The predicted molar refractivity (Wildman–Crippen MR) is 112 cm³/mol. The van der Waals surface area contributed by atoms with Crippen LogP contribution in [0.4, 0.5) is 0 Å². The Morgan fingerprint density at radius 3 is 2.55 bits per heavy atom. The zero-order valence-electron chi connectivity index (χ0n) is 16.7. The van der Waals surface area contributed by atoms with Gasteiger partial charge in [0.1, 0.15) is 6.54 Å². The molecular weight excluding hydrogens is 396 g/mol. The van der Waals surface area contributed by atoms with Crippen molar-refractivity contribution in [1.29, 1.82) is 0 Å². The van der Waals surface area contributed by atoms with Crippen LogP contribution in [0.15, 0.2) is 66.1 Å². The second-order valence-corrected chi connectivity index (χ2v) is 7.16. The summed E-state index contributed by atoms with van der Waals surface area (Å²) in [6, 6.07) is 7.79. The number of carbonyl (C=O) groups excluding carboxylic acids is 1. The predicted octanol–water partition coefficient (Wildman–Crippen LogP) is 2.52. The third-order valence-electron chi connectivity index (χ3n) is 5.12. The minimum atomic E-state index is 0.0381. The fourth-order valence-electron chi connectivity index (χ4n) is 3.45. The number of amides is 1. The number of carbonyl (C=O) groups is 1. The Morgan fingerprint density at radius 1 is 0.968 bits per heavy atom. The number of nitrogens with zero attached hydrogens (tertiary/aromatic N) is 6. The first-order valence-corrected chi connectivity index (χ1v) is 9.96. The molecule has 1 amide bonds. The number of oxazole rings is 1. The summed E-state index contributed by atoms with van der Waals surface area (Å²) in [7, 11) is 0. The Kier molecular flexibility index (Phi) is 5.24. The van der Waals surface area contributed by atoms with Crippen molar-refractivity contribution in [2.45, 2.75) is 6.54 Å². The van der Waals surface area contributed by atoms with Crippen LogP contribution in [0, 0.1) is 0 Å². The van der Waals surface area contributed by atoms with Gasteiger partial charge in [0.25, 0.3) is 0 Å². The SMILES string of the molecule is O=C(Cn1cc(-c2cnc(-c3cccc(-c4cnco4)c3)nc2)cn1)N1CCOCC1. The maximum atomic E-state index is 12.4. The summed E-state index contributed by atoms with van der Waals surface area (Å²) in [4.78, 5) is 27.2. The van der Waals surface area contributed by atoms with Crippen LogP contribution in [0.25, 0.3) is 33.8 Å². The number of rotatable bonds is 5. The smallest absolute Gasteiger partial charge is 0.244 e. The van der Waals surface area contributed by atoms with Crippen molar-refractivity contribution in [3.63, 3.8) is 0 Å². The van der Waals surface area contributed by atoms with Crippen molar-refractivity contribution in [1.82, 2.24) is 29.6 Å². The van der Waals surface area contributed by atoms with Gasteiger partial charge in [0.15, 0.2) is 18.0 Å². The molecule has 4 heterocycles. The van der Waals surface area contributed by atoms with Crippen LogP contribution in [0.1, 0.15) is 0 Å². The minimum absolute atomic E-state index is 0.0381. The fourth-order valence-corrected chi connectivity index (χ4v) is 3.45. The summed E-state index contributed by atoms with van der Waals surface area (Å²) < 4.78 is 12.3. The number of hydrogen-bond acceptors (Lipinski definition) is 7. The Morgan fingerprint density at radius 2 is 1.77 bits per heavy atom. The zero-order chi connectivity index (χ0) is 21.0. The molecule has 0 saturated carbocycles. The molecule has 0 N–H and O–H groups in total. The highest BCUT2D eigenvalue weighted by Gasteiger charge is 2.17. The van der Waals surface area contributed by atoms with Crippen LogP contribution in [0.3, 0.4) is 0 Å². The van der Waals surface area contributed by atoms with Crippen LogP contribution in [-0.4, -0.2) is 61.8 Å². The van der Waals surface area contributed by atoms with E-state index in [9.17, 15) is 4.79 Å². The lowest BCUT2D eigenvalue weighted by Gasteiger charge is -2.26. The molecule has 0 atom stereocenters. The van der Waals surface area contributed by atoms with Crippen molar-refractivity contribution < 1.29 is 13.9 Å². The van der Waals surface area contributed by atoms with Crippen molar-refractivity contribution in [3.8, 4) is 33.8 Å². The monoisotopic (exact) mass is 416 g/mol. The maximum Gasteiger partial charge on any atom is 0.244 e. The van der Waals surface area contributed by atoms with Crippen molar-refractivity contribution >= 4 is 5.91 Å². The summed E-state index contributed by atoms with van der Waals surface area (Å²) in [5.41, 5.74) is 3.48. The molecule has 4 aromatic rings. The first kappa shape index (κ1) is 19.1. The zero-order valence-corrected chi connectivity index (χ0v) is 16.7. The molecule has 0 unspecified atom stereocenters. The summed E-state index contributed by atoms with van der Waals surface area (Å²) in [5, 5.41) is 4.31. The van der Waals surface area contributed by atoms with Gasteiger partial charge >= 0.3 is 0 Å². The van der Waals surface area contributed by atoms with Crippen molar-refractivity contribution in [2.24, 2.45) is 0 Å². The molecular formula is C22H20N6O3. The lowest BCUT2D eigenvalue weighted by Crippen LogP contribution is -2.42. The van der Waals surface area contributed by atoms with Crippen molar-refractivity contribution in [2.75, 3.05) is 26.3 Å². The van der Waals surface area contributed by atoms with E-state index in [1.54, 1.807) is 34.4 Å². The van der Waals surface area contributed by atoms with Gasteiger partial charge in [-0.15, -0.1) is 0 Å². The molecule has 156 valence electrons. The van der Waals surface area contributed by atoms with E-state index in [2.05, 4.69) is 20.1 Å². The highest BCUT2D eigenvalue weighted by molar-refractivity contribution is 5.76. The molecule has 9 heteroatoms. The van der Waals surface area contributed by atoms with E-state index in [4.69, 9.17) is 9.15 Å². The number of aromatic nitrogens is 5. The van der Waals surface area contributed by atoms with Crippen molar-refractivity contribution in [3.05, 3.63) is 61.6 Å². The number of benzene rings is 1. The number of hydrogen-bond donors (Lipinski definition) is 0. The second-order valence-electron chi connectivity index (χ2n) is 7.16. The summed E-state index contributed by atoms with van der Waals surface area (Å²) in [6.07, 6.45) is 10.1. The molecule has 0 aliphatic carbocycles. The van der Waals surface area contributed by atoms with Gasteiger partial charge in [-0.1, -0.05) is 18.2 Å². The minimum Gasteiger partial charge on any atom is -0.444 e. The Bertz CT molecular complexity index is 1160. The lowest BCUT2D eigenvalue weighted by molar-refractivity contribution is -0.136. The first-order valence-electron chi connectivity index (χ1n) is 9.96. The van der Waals surface area contributed by atoms with Gasteiger partial charge in [-0.25, -0.2) is 15.0 Å². The number of morpholine rings is 1. The standard InChI is InChI=1S/C22H20N6O3/c29-21(27-4-6-30-7-5-27)14-28-13-19(11-26-28)18-9-24-22(25-10-18)17-3-1-2-16(8-17)20-12-23-15-31-20/h1-3,8-13,15H,4-7,14H2. The van der Waals surface area contributed by atoms with Crippen LogP contribution in [0.2, 0.25) is 0 Å². The van der Waals surface area contributed by atoms with E-state index in [1.807, 2.05) is 30.5 Å². The van der Waals surface area contributed by atoms with E-state index in [0.717, 1.165) is 22.3 Å². The average molecular weight is 416 g/mol. The highest BCUT2D eigenvalue weighted by atomic mass is 16.5. The third kappa shape index (κ3) is 4.22. The Hall–Kier alpha value is -3.85. The number of ether oxygens (including phenoxy) is 1. The van der Waals surface area contributed by atoms with Gasteiger partial charge in [-0.3, -0.25) is 9.48 Å². The topological polar surface area (TPSA) is 99.2 Å². The summed E-state index contributed by atoms with van der Waals surface area (Å²) in [6.45, 7) is 2.62. The van der Waals surface area contributed by atoms with E-state index in [-0.39, 0.29) is 12.5 Å². The summed E-state index contributed by atoms with van der Waals surface area (Å²) in [5.74, 6) is 1.34. The van der Waals surface area contributed by atoms with Crippen LogP contribution >= 0.6 is 0 Å². The van der Waals surface area contributed by atoms with Gasteiger partial charge in [0.05, 0.1) is 25.6 Å². The van der Waals surface area contributed by atoms with E-state index in [0.29, 0.717) is 37.9 Å². The Balaban J connectivity index is 1.30. The molecule has 3 aromatic heterocycles. The molecule has 31 heavy (non-hydrogen) atoms. The molecule has 9 nitrogen and oxygen atoms in total. The molecule has 1 aliphatic heterocycles. The lowest BCUT2D eigenvalue weighted by atomic mass is 10.1.